The predicted octanol–water partition coefficient (Wildman–Crippen LogP) is 5.35. The molecule has 0 spiro atoms. The first-order chi connectivity index (χ1) is 14.6. The molecular weight excluding hydrogens is 415 g/mol. The van der Waals surface area contributed by atoms with Crippen LogP contribution >= 0.6 is 0 Å². The van der Waals surface area contributed by atoms with Gasteiger partial charge in [0.15, 0.2) is 0 Å². The normalized spacial score (nSPS) is 11.1. The van der Waals surface area contributed by atoms with E-state index < -0.39 is 12.1 Å². The fourth-order valence-electron chi connectivity index (χ4n) is 2.80. The Morgan fingerprint density at radius 1 is 1.13 bits per heavy atom. The minimum atomic E-state index is -5.08. The molecule has 3 heterocycles. The second-order valence-electron chi connectivity index (χ2n) is 6.51. The number of hydrogen-bond acceptors (Lipinski definition) is 6. The zero-order valence-electron chi connectivity index (χ0n) is 16.5. The Morgan fingerprint density at radius 3 is 2.45 bits per heavy atom. The van der Waals surface area contributed by atoms with Crippen LogP contribution in [0, 0.1) is 13.8 Å². The molecule has 0 bridgehead atoms. The Morgan fingerprint density at radius 2 is 1.87 bits per heavy atom. The molecule has 1 aromatic carbocycles. The van der Waals surface area contributed by atoms with Gasteiger partial charge in [0.25, 0.3) is 0 Å². The van der Waals surface area contributed by atoms with E-state index in [1.165, 1.54) is 0 Å². The fraction of sp³-hybridized carbons (Fsp3) is 0.190. The smallest absolute Gasteiger partial charge is 0.475 e. The van der Waals surface area contributed by atoms with Crippen molar-refractivity contribution in [2.75, 3.05) is 5.32 Å². The van der Waals surface area contributed by atoms with Gasteiger partial charge in [-0.25, -0.2) is 14.8 Å². The van der Waals surface area contributed by atoms with Crippen molar-refractivity contribution in [3.8, 4) is 11.1 Å². The SMILES string of the molecule is Cc1ccc(CNc2ncnc3ccc(-c4ccoc4C)cc23)o1.O=C(O)C(F)(F)F. The van der Waals surface area contributed by atoms with Gasteiger partial charge in [0, 0.05) is 10.9 Å². The molecule has 0 saturated carbocycles. The molecule has 7 nitrogen and oxygen atoms in total. The van der Waals surface area contributed by atoms with Crippen molar-refractivity contribution < 1.29 is 31.9 Å². The topological polar surface area (TPSA) is 101 Å². The summed E-state index contributed by atoms with van der Waals surface area (Å²) >= 11 is 0. The highest BCUT2D eigenvalue weighted by Crippen LogP contribution is 2.29. The third-order valence-electron chi connectivity index (χ3n) is 4.27. The third kappa shape index (κ3) is 5.41. The average Bonchev–Trinajstić information content (AvgIpc) is 3.33. The summed E-state index contributed by atoms with van der Waals surface area (Å²) in [6, 6.07) is 12.0. The second kappa shape index (κ2) is 8.90. The van der Waals surface area contributed by atoms with Gasteiger partial charge in [-0.2, -0.15) is 13.2 Å². The van der Waals surface area contributed by atoms with Crippen LogP contribution in [0.4, 0.5) is 19.0 Å². The quantitative estimate of drug-likeness (QED) is 0.448. The summed E-state index contributed by atoms with van der Waals surface area (Å²) in [6.07, 6.45) is -1.81. The number of carboxylic acid groups (broad SMARTS) is 1. The summed E-state index contributed by atoms with van der Waals surface area (Å²) in [5.74, 6) is 0.703. The maximum Gasteiger partial charge on any atom is 0.490 e. The fourth-order valence-corrected chi connectivity index (χ4v) is 2.80. The van der Waals surface area contributed by atoms with Crippen molar-refractivity contribution in [2.24, 2.45) is 0 Å². The number of furan rings is 2. The Bertz CT molecular complexity index is 1200. The number of nitrogens with one attached hydrogen (secondary N) is 1. The lowest BCUT2D eigenvalue weighted by atomic mass is 10.0. The Balaban J connectivity index is 0.000000339. The molecule has 0 aliphatic heterocycles. The first kappa shape index (κ1) is 21.9. The number of aromatic nitrogens is 2. The lowest BCUT2D eigenvalue weighted by molar-refractivity contribution is -0.192. The molecule has 0 unspecified atom stereocenters. The van der Waals surface area contributed by atoms with Gasteiger partial charge in [0.05, 0.1) is 18.3 Å². The van der Waals surface area contributed by atoms with Crippen LogP contribution in [0.25, 0.3) is 22.0 Å². The van der Waals surface area contributed by atoms with Crippen LogP contribution in [0.1, 0.15) is 17.3 Å². The molecule has 0 atom stereocenters. The van der Waals surface area contributed by atoms with E-state index in [1.54, 1.807) is 12.6 Å². The summed E-state index contributed by atoms with van der Waals surface area (Å²) in [4.78, 5) is 17.6. The zero-order chi connectivity index (χ0) is 22.6. The molecule has 10 heteroatoms. The van der Waals surface area contributed by atoms with Crippen molar-refractivity contribution >= 4 is 22.7 Å². The van der Waals surface area contributed by atoms with E-state index in [2.05, 4.69) is 21.4 Å². The second-order valence-corrected chi connectivity index (χ2v) is 6.51. The largest absolute Gasteiger partial charge is 0.490 e. The molecule has 0 fully saturated rings. The van der Waals surface area contributed by atoms with Gasteiger partial charge in [0.2, 0.25) is 0 Å². The molecule has 4 rings (SSSR count). The highest BCUT2D eigenvalue weighted by Gasteiger charge is 2.38. The Kier molecular flexibility index (Phi) is 6.28. The highest BCUT2D eigenvalue weighted by atomic mass is 19.4. The van der Waals surface area contributed by atoms with Gasteiger partial charge in [-0.05, 0) is 49.7 Å². The number of fused-ring (bicyclic) bond motifs is 1. The maximum atomic E-state index is 10.6. The van der Waals surface area contributed by atoms with E-state index in [1.807, 2.05) is 44.2 Å². The number of carbonyl (C=O) groups is 1. The zero-order valence-corrected chi connectivity index (χ0v) is 16.5. The third-order valence-corrected chi connectivity index (χ3v) is 4.27. The lowest BCUT2D eigenvalue weighted by Crippen LogP contribution is -2.21. The van der Waals surface area contributed by atoms with Crippen molar-refractivity contribution in [1.82, 2.24) is 9.97 Å². The van der Waals surface area contributed by atoms with Crippen molar-refractivity contribution in [1.29, 1.82) is 0 Å². The number of nitrogens with zero attached hydrogens (tertiary/aromatic N) is 2. The number of hydrogen-bond donors (Lipinski definition) is 2. The van der Waals surface area contributed by atoms with Crippen LogP contribution in [0.2, 0.25) is 0 Å². The van der Waals surface area contributed by atoms with Crippen LogP contribution < -0.4 is 5.32 Å². The standard InChI is InChI=1S/C19H17N3O2.C2HF3O2/c1-12-3-5-15(24-12)10-20-19-17-9-14(16-7-8-23-13(16)2)4-6-18(17)21-11-22-19;3-2(4,5)1(6)7/h3-9,11H,10H2,1-2H3,(H,20,21,22);(H,6,7). The number of aryl methyl sites for hydroxylation is 2. The molecule has 0 aliphatic carbocycles. The van der Waals surface area contributed by atoms with Crippen molar-refractivity contribution in [3.05, 3.63) is 66.3 Å². The van der Waals surface area contributed by atoms with Crippen molar-refractivity contribution in [2.45, 2.75) is 26.6 Å². The van der Waals surface area contributed by atoms with Crippen LogP contribution in [0.5, 0.6) is 0 Å². The van der Waals surface area contributed by atoms with Gasteiger partial charge in [-0.1, -0.05) is 6.07 Å². The summed E-state index contributed by atoms with van der Waals surface area (Å²) in [7, 11) is 0. The monoisotopic (exact) mass is 433 g/mol. The van der Waals surface area contributed by atoms with E-state index >= 15 is 0 Å². The highest BCUT2D eigenvalue weighted by molar-refractivity contribution is 5.92. The van der Waals surface area contributed by atoms with E-state index in [4.69, 9.17) is 18.7 Å². The van der Waals surface area contributed by atoms with Crippen LogP contribution in [0.15, 0.2) is 57.8 Å². The number of halogens is 3. The molecule has 0 saturated heterocycles. The molecule has 0 amide bonds. The molecule has 3 aromatic heterocycles. The van der Waals surface area contributed by atoms with Gasteiger partial charge in [-0.15, -0.1) is 0 Å². The molecule has 2 N–H and O–H groups in total. The first-order valence-corrected chi connectivity index (χ1v) is 9.03. The van der Waals surface area contributed by atoms with Crippen LogP contribution in [0.3, 0.4) is 0 Å². The molecule has 162 valence electrons. The van der Waals surface area contributed by atoms with E-state index in [0.717, 1.165) is 45.1 Å². The van der Waals surface area contributed by atoms with E-state index in [-0.39, 0.29) is 0 Å². The minimum Gasteiger partial charge on any atom is -0.475 e. The molecule has 31 heavy (non-hydrogen) atoms. The van der Waals surface area contributed by atoms with E-state index in [9.17, 15) is 13.2 Å². The van der Waals surface area contributed by atoms with Gasteiger partial charge in [0.1, 0.15) is 29.4 Å². The maximum absolute atomic E-state index is 10.6. The summed E-state index contributed by atoms with van der Waals surface area (Å²) in [6.45, 7) is 4.47. The minimum absolute atomic E-state index is 0.578. The predicted molar refractivity (Wildman–Crippen MR) is 106 cm³/mol. The van der Waals surface area contributed by atoms with Gasteiger partial charge < -0.3 is 19.3 Å². The van der Waals surface area contributed by atoms with Crippen molar-refractivity contribution in [3.63, 3.8) is 0 Å². The molecule has 0 aliphatic rings. The molecule has 4 aromatic rings. The number of aliphatic carboxylic acids is 1. The lowest BCUT2D eigenvalue weighted by Gasteiger charge is -2.08. The molecule has 0 radical (unpaired) electrons. The van der Waals surface area contributed by atoms with Gasteiger partial charge in [-0.3, -0.25) is 0 Å². The van der Waals surface area contributed by atoms with Crippen LogP contribution in [-0.4, -0.2) is 27.2 Å². The number of benzene rings is 1. The Hall–Kier alpha value is -3.82. The summed E-state index contributed by atoms with van der Waals surface area (Å²) < 4.78 is 42.7. The average molecular weight is 433 g/mol. The van der Waals surface area contributed by atoms with Crippen LogP contribution in [-0.2, 0) is 11.3 Å². The first-order valence-electron chi connectivity index (χ1n) is 9.03. The van der Waals surface area contributed by atoms with E-state index in [0.29, 0.717) is 6.54 Å². The number of rotatable bonds is 4. The Labute approximate surface area is 174 Å². The number of anilines is 1. The number of carboxylic acids is 1. The summed E-state index contributed by atoms with van der Waals surface area (Å²) in [5, 5.41) is 11.4. The molecular formula is C21H18F3N3O4. The van der Waals surface area contributed by atoms with Gasteiger partial charge >= 0.3 is 12.1 Å². The summed E-state index contributed by atoms with van der Waals surface area (Å²) in [5.41, 5.74) is 3.06. The number of alkyl halides is 3.